The highest BCUT2D eigenvalue weighted by Gasteiger charge is 2.10. The molecule has 1 N–H and O–H groups in total. The number of carbonyl (C=O) groups is 2. The maximum atomic E-state index is 12.6. The molecule has 30 heavy (non-hydrogen) atoms. The molecule has 0 atom stereocenters. The van der Waals surface area contributed by atoms with Gasteiger partial charge in [0.05, 0.1) is 26.3 Å². The molecule has 0 aliphatic carbocycles. The van der Waals surface area contributed by atoms with Crippen molar-refractivity contribution in [2.24, 2.45) is 0 Å². The molecule has 0 spiro atoms. The van der Waals surface area contributed by atoms with Crippen molar-refractivity contribution in [3.05, 3.63) is 87.8 Å². The number of Topliss-reactive ketones (excluding diaryl/α,β-unsaturated/α-hetero) is 1. The Balaban J connectivity index is 1.82. The van der Waals surface area contributed by atoms with Gasteiger partial charge in [0.25, 0.3) is 11.5 Å². The second kappa shape index (κ2) is 9.09. The average Bonchev–Trinajstić information content (AvgIpc) is 2.75. The van der Waals surface area contributed by atoms with Crippen molar-refractivity contribution in [1.82, 2.24) is 4.57 Å². The Morgan fingerprint density at radius 3 is 2.07 bits per heavy atom. The maximum Gasteiger partial charge on any atom is 0.257 e. The van der Waals surface area contributed by atoms with E-state index in [1.807, 2.05) is 0 Å². The molecule has 0 unspecified atom stereocenters. The second-order valence-corrected chi connectivity index (χ2v) is 6.69. The van der Waals surface area contributed by atoms with Crippen LogP contribution in [0.5, 0.6) is 11.5 Å². The molecule has 0 bridgehead atoms. The number of pyridine rings is 1. The van der Waals surface area contributed by atoms with Gasteiger partial charge < -0.3 is 19.4 Å². The zero-order valence-electron chi connectivity index (χ0n) is 17.0. The Labute approximate surface area is 173 Å². The van der Waals surface area contributed by atoms with Gasteiger partial charge in [-0.15, -0.1) is 0 Å². The minimum atomic E-state index is -0.359. The van der Waals surface area contributed by atoms with Gasteiger partial charge >= 0.3 is 0 Å². The lowest BCUT2D eigenvalue weighted by Gasteiger charge is -2.12. The Kier molecular flexibility index (Phi) is 6.32. The molecule has 0 fully saturated rings. The molecule has 154 valence electrons. The highest BCUT2D eigenvalue weighted by molar-refractivity contribution is 6.04. The predicted octanol–water partition coefficient (Wildman–Crippen LogP) is 3.37. The van der Waals surface area contributed by atoms with Crippen LogP contribution in [0, 0.1) is 0 Å². The van der Waals surface area contributed by atoms with E-state index in [-0.39, 0.29) is 23.8 Å². The summed E-state index contributed by atoms with van der Waals surface area (Å²) in [5, 5.41) is 2.77. The topological polar surface area (TPSA) is 86.6 Å². The molecule has 2 aromatic carbocycles. The molecule has 0 aliphatic heterocycles. The molecular formula is C23H22N2O5. The number of carbonyl (C=O) groups excluding carboxylic acids is 2. The van der Waals surface area contributed by atoms with Crippen molar-refractivity contribution in [2.45, 2.75) is 13.5 Å². The van der Waals surface area contributed by atoms with E-state index < -0.39 is 0 Å². The molecule has 1 amide bonds. The number of amides is 1. The molecule has 3 aromatic rings. The monoisotopic (exact) mass is 406 g/mol. The van der Waals surface area contributed by atoms with Crippen molar-refractivity contribution in [3.63, 3.8) is 0 Å². The molecule has 1 aromatic heterocycles. The lowest BCUT2D eigenvalue weighted by molar-refractivity contribution is 0.101. The maximum absolute atomic E-state index is 12.6. The first-order chi connectivity index (χ1) is 14.4. The normalized spacial score (nSPS) is 10.4. The van der Waals surface area contributed by atoms with Crippen molar-refractivity contribution in [2.75, 3.05) is 19.5 Å². The van der Waals surface area contributed by atoms with Crippen molar-refractivity contribution < 1.29 is 19.1 Å². The number of benzene rings is 2. The lowest BCUT2D eigenvalue weighted by Crippen LogP contribution is -2.22. The quantitative estimate of drug-likeness (QED) is 0.608. The number of hydrogen-bond acceptors (Lipinski definition) is 5. The fourth-order valence-corrected chi connectivity index (χ4v) is 2.94. The number of ether oxygens (including phenoxy) is 2. The number of anilines is 1. The van der Waals surface area contributed by atoms with Gasteiger partial charge in [0.2, 0.25) is 0 Å². The zero-order chi connectivity index (χ0) is 21.7. The van der Waals surface area contributed by atoms with E-state index in [0.717, 1.165) is 5.56 Å². The standard InChI is InChI=1S/C23H22N2O5/c1-15(26)17-4-7-19(8-5-17)24-23(28)18-6-9-22(27)25(14-18)13-16-10-20(29-2)12-21(11-16)30-3/h4-12,14H,13H2,1-3H3,(H,24,28). The smallest absolute Gasteiger partial charge is 0.257 e. The zero-order valence-corrected chi connectivity index (χ0v) is 17.0. The number of rotatable bonds is 7. The number of nitrogens with zero attached hydrogens (tertiary/aromatic N) is 1. The second-order valence-electron chi connectivity index (χ2n) is 6.69. The number of nitrogens with one attached hydrogen (secondary N) is 1. The van der Waals surface area contributed by atoms with E-state index in [2.05, 4.69) is 5.32 Å². The van der Waals surface area contributed by atoms with Crippen molar-refractivity contribution in [1.29, 1.82) is 0 Å². The van der Waals surface area contributed by atoms with E-state index in [9.17, 15) is 14.4 Å². The summed E-state index contributed by atoms with van der Waals surface area (Å²) in [7, 11) is 3.11. The fraction of sp³-hybridized carbons (Fsp3) is 0.174. The van der Waals surface area contributed by atoms with E-state index >= 15 is 0 Å². The molecule has 7 heteroatoms. The minimum Gasteiger partial charge on any atom is -0.497 e. The molecule has 0 radical (unpaired) electrons. The summed E-state index contributed by atoms with van der Waals surface area (Å²) in [6.45, 7) is 1.73. The SMILES string of the molecule is COc1cc(Cn2cc(C(=O)Nc3ccc(C(C)=O)cc3)ccc2=O)cc(OC)c1. The molecule has 1 heterocycles. The van der Waals surface area contributed by atoms with Crippen molar-refractivity contribution in [3.8, 4) is 11.5 Å². The molecule has 0 saturated carbocycles. The van der Waals surface area contributed by atoms with Crippen LogP contribution in [0.1, 0.15) is 33.2 Å². The van der Waals surface area contributed by atoms with Gasteiger partial charge in [0.1, 0.15) is 11.5 Å². The average molecular weight is 406 g/mol. The largest absolute Gasteiger partial charge is 0.497 e. The Morgan fingerprint density at radius 1 is 0.900 bits per heavy atom. The third-order valence-electron chi connectivity index (χ3n) is 4.56. The molecular weight excluding hydrogens is 384 g/mol. The van der Waals surface area contributed by atoms with Crippen LogP contribution in [0.15, 0.2) is 65.6 Å². The number of ketones is 1. The summed E-state index contributed by atoms with van der Waals surface area (Å²) in [5.74, 6) is 0.817. The van der Waals surface area contributed by atoms with Crippen LogP contribution in [0.25, 0.3) is 0 Å². The van der Waals surface area contributed by atoms with E-state index in [1.54, 1.807) is 56.7 Å². The van der Waals surface area contributed by atoms with Crippen molar-refractivity contribution >= 4 is 17.4 Å². The van der Waals surface area contributed by atoms with Gasteiger partial charge in [-0.3, -0.25) is 14.4 Å². The predicted molar refractivity (Wildman–Crippen MR) is 114 cm³/mol. The first-order valence-electron chi connectivity index (χ1n) is 9.24. The first-order valence-corrected chi connectivity index (χ1v) is 9.24. The van der Waals surface area contributed by atoms with Gasteiger partial charge in [-0.2, -0.15) is 0 Å². The third kappa shape index (κ3) is 4.94. The summed E-state index contributed by atoms with van der Waals surface area (Å²) in [5.41, 5.74) is 2.01. The summed E-state index contributed by atoms with van der Waals surface area (Å²) < 4.78 is 12.0. The highest BCUT2D eigenvalue weighted by Crippen LogP contribution is 2.23. The molecule has 0 saturated heterocycles. The Morgan fingerprint density at radius 2 is 1.50 bits per heavy atom. The van der Waals surface area contributed by atoms with Crippen LogP contribution in [0.4, 0.5) is 5.69 Å². The molecule has 7 nitrogen and oxygen atoms in total. The summed E-state index contributed by atoms with van der Waals surface area (Å²) in [6, 6.07) is 14.8. The summed E-state index contributed by atoms with van der Waals surface area (Å²) >= 11 is 0. The Hall–Kier alpha value is -3.87. The third-order valence-corrected chi connectivity index (χ3v) is 4.56. The van der Waals surface area contributed by atoms with Crippen LogP contribution < -0.4 is 20.3 Å². The Bertz CT molecular complexity index is 1110. The van der Waals surface area contributed by atoms with Gasteiger partial charge in [-0.05, 0) is 55.0 Å². The molecule has 3 rings (SSSR count). The van der Waals surface area contributed by atoms with Gasteiger partial charge in [0.15, 0.2) is 5.78 Å². The van der Waals surface area contributed by atoms with E-state index in [1.165, 1.54) is 29.8 Å². The van der Waals surface area contributed by atoms with Gasteiger partial charge in [-0.25, -0.2) is 0 Å². The summed E-state index contributed by atoms with van der Waals surface area (Å²) in [6.07, 6.45) is 1.51. The van der Waals surface area contributed by atoms with Crippen LogP contribution >= 0.6 is 0 Å². The highest BCUT2D eigenvalue weighted by atomic mass is 16.5. The van der Waals surface area contributed by atoms with E-state index in [4.69, 9.17) is 9.47 Å². The first kappa shape index (κ1) is 20.9. The van der Waals surface area contributed by atoms with Crippen LogP contribution in [0.3, 0.4) is 0 Å². The van der Waals surface area contributed by atoms with Crippen LogP contribution in [0.2, 0.25) is 0 Å². The minimum absolute atomic E-state index is 0.0471. The number of aromatic nitrogens is 1. The number of methoxy groups -OCH3 is 2. The molecule has 0 aliphatic rings. The van der Waals surface area contributed by atoms with Crippen LogP contribution in [-0.2, 0) is 6.54 Å². The van der Waals surface area contributed by atoms with Gasteiger partial charge in [-0.1, -0.05) is 0 Å². The van der Waals surface area contributed by atoms with Crippen LogP contribution in [-0.4, -0.2) is 30.5 Å². The lowest BCUT2D eigenvalue weighted by atomic mass is 10.1. The van der Waals surface area contributed by atoms with Gasteiger partial charge in [0, 0.05) is 29.6 Å². The summed E-state index contributed by atoms with van der Waals surface area (Å²) in [4.78, 5) is 36.3. The van der Waals surface area contributed by atoms with E-state index in [0.29, 0.717) is 28.3 Å². The fourth-order valence-electron chi connectivity index (χ4n) is 2.94. The number of hydrogen-bond donors (Lipinski definition) is 1.